The minimum absolute atomic E-state index is 0.966. The summed E-state index contributed by atoms with van der Waals surface area (Å²) < 4.78 is 2.42. The Bertz CT molecular complexity index is 1390. The molecule has 0 aliphatic carbocycles. The molecular formula is C30H30N3S+. The fourth-order valence-electron chi connectivity index (χ4n) is 5.39. The van der Waals surface area contributed by atoms with E-state index in [1.807, 2.05) is 11.8 Å². The van der Waals surface area contributed by atoms with E-state index in [0.29, 0.717) is 0 Å². The molecule has 0 bridgehead atoms. The van der Waals surface area contributed by atoms with Gasteiger partial charge in [-0.25, -0.2) is 0 Å². The van der Waals surface area contributed by atoms with Crippen LogP contribution in [-0.2, 0) is 6.42 Å². The van der Waals surface area contributed by atoms with Gasteiger partial charge in [0.2, 0.25) is 0 Å². The van der Waals surface area contributed by atoms with E-state index in [4.69, 9.17) is 0 Å². The highest BCUT2D eigenvalue weighted by atomic mass is 32.2. The van der Waals surface area contributed by atoms with Gasteiger partial charge in [0.15, 0.2) is 0 Å². The Morgan fingerprint density at radius 2 is 1.74 bits per heavy atom. The van der Waals surface area contributed by atoms with E-state index in [9.17, 15) is 0 Å². The van der Waals surface area contributed by atoms with Crippen molar-refractivity contribution in [2.75, 3.05) is 29.4 Å². The lowest BCUT2D eigenvalue weighted by molar-refractivity contribution is -0.553. The van der Waals surface area contributed by atoms with Gasteiger partial charge in [-0.1, -0.05) is 60.3 Å². The molecule has 0 atom stereocenters. The fraction of sp³-hybridized carbons (Fsp3) is 0.233. The number of aromatic nitrogens is 1. The molecule has 2 aliphatic heterocycles. The van der Waals surface area contributed by atoms with Gasteiger partial charge in [0, 0.05) is 22.9 Å². The summed E-state index contributed by atoms with van der Waals surface area (Å²) in [7, 11) is 0. The first-order chi connectivity index (χ1) is 16.8. The smallest absolute Gasteiger partial charge is 0.282 e. The second kappa shape index (κ2) is 8.84. The van der Waals surface area contributed by atoms with Crippen LogP contribution in [0.15, 0.2) is 88.8 Å². The van der Waals surface area contributed by atoms with Crippen molar-refractivity contribution in [2.24, 2.45) is 0 Å². The average Bonchev–Trinajstić information content (AvgIpc) is 3.24. The maximum atomic E-state index is 2.54. The van der Waals surface area contributed by atoms with Crippen LogP contribution in [0.3, 0.4) is 0 Å². The molecule has 34 heavy (non-hydrogen) atoms. The summed E-state index contributed by atoms with van der Waals surface area (Å²) in [5.74, 6) is 1.24. The van der Waals surface area contributed by atoms with Crippen LogP contribution in [0.4, 0.5) is 11.5 Å². The molecule has 0 amide bonds. The van der Waals surface area contributed by atoms with E-state index in [-0.39, 0.29) is 0 Å². The van der Waals surface area contributed by atoms with Gasteiger partial charge < -0.3 is 4.90 Å². The van der Waals surface area contributed by atoms with Crippen LogP contribution < -0.4 is 14.4 Å². The largest absolute Gasteiger partial charge is 0.335 e. The van der Waals surface area contributed by atoms with Crippen LogP contribution in [0.2, 0.25) is 0 Å². The van der Waals surface area contributed by atoms with Crippen molar-refractivity contribution in [3.05, 3.63) is 95.0 Å². The third kappa shape index (κ3) is 3.48. The Morgan fingerprint density at radius 3 is 2.56 bits per heavy atom. The van der Waals surface area contributed by atoms with E-state index in [1.165, 1.54) is 62.0 Å². The predicted octanol–water partition coefficient (Wildman–Crippen LogP) is 6.82. The minimum Gasteiger partial charge on any atom is -0.335 e. The van der Waals surface area contributed by atoms with Crippen molar-refractivity contribution >= 4 is 40.2 Å². The van der Waals surface area contributed by atoms with Gasteiger partial charge in [0.25, 0.3) is 5.82 Å². The monoisotopic (exact) mass is 464 g/mol. The fourth-order valence-corrected chi connectivity index (χ4v) is 6.58. The summed E-state index contributed by atoms with van der Waals surface area (Å²) in [6.07, 6.45) is 4.82. The third-order valence-electron chi connectivity index (χ3n) is 7.01. The molecule has 2 aliphatic rings. The normalized spacial score (nSPS) is 15.7. The van der Waals surface area contributed by atoms with Crippen molar-refractivity contribution in [3.63, 3.8) is 0 Å². The second-order valence-electron chi connectivity index (χ2n) is 8.92. The summed E-state index contributed by atoms with van der Waals surface area (Å²) in [4.78, 5) is 6.40. The minimum atomic E-state index is 0.966. The molecule has 3 heterocycles. The molecule has 0 N–H and O–H groups in total. The highest BCUT2D eigenvalue weighted by Crippen LogP contribution is 2.50. The van der Waals surface area contributed by atoms with Crippen molar-refractivity contribution in [1.29, 1.82) is 0 Å². The first-order valence-corrected chi connectivity index (χ1v) is 13.2. The van der Waals surface area contributed by atoms with Gasteiger partial charge in [0.1, 0.15) is 11.2 Å². The number of nitrogens with zero attached hydrogens (tertiary/aromatic N) is 3. The highest BCUT2D eigenvalue weighted by Gasteiger charge is 2.31. The Morgan fingerprint density at radius 1 is 0.941 bits per heavy atom. The Balaban J connectivity index is 1.58. The lowest BCUT2D eigenvalue weighted by atomic mass is 10.0. The van der Waals surface area contributed by atoms with Gasteiger partial charge in [-0.05, 0) is 68.2 Å². The molecule has 1 aromatic heterocycles. The zero-order valence-corrected chi connectivity index (χ0v) is 20.7. The summed E-state index contributed by atoms with van der Waals surface area (Å²) in [5, 5.41) is 2.62. The standard InChI is InChI=1S/C30H30N3S/c1-3-31(4-2)28-20-23(21-29-32-19-11-13-22-12-10-18-27(34-29)30(22)32)25-16-8-9-17-26(25)33(28)24-14-6-5-7-15-24/h5-10,12,14-18,20-21H,3-4,11,13,19H2,1-2H3/q+1. The number of para-hydroxylation sites is 3. The highest BCUT2D eigenvalue weighted by molar-refractivity contribution is 8.03. The van der Waals surface area contributed by atoms with Crippen LogP contribution in [0.5, 0.6) is 0 Å². The van der Waals surface area contributed by atoms with E-state index < -0.39 is 0 Å². The summed E-state index contributed by atoms with van der Waals surface area (Å²) in [5.41, 5.74) is 6.65. The molecule has 0 spiro atoms. The summed E-state index contributed by atoms with van der Waals surface area (Å²) in [6, 6.07) is 28.8. The third-order valence-corrected chi connectivity index (χ3v) is 8.11. The number of aryl methyl sites for hydroxylation is 1. The number of thioether (sulfide) groups is 1. The second-order valence-corrected chi connectivity index (χ2v) is 9.98. The maximum Gasteiger partial charge on any atom is 0.282 e. The van der Waals surface area contributed by atoms with Gasteiger partial charge in [-0.15, -0.1) is 0 Å². The number of anilines is 2. The predicted molar refractivity (Wildman–Crippen MR) is 145 cm³/mol. The van der Waals surface area contributed by atoms with Crippen LogP contribution >= 0.6 is 11.8 Å². The molecule has 3 nitrogen and oxygen atoms in total. The number of hydrogen-bond acceptors (Lipinski definition) is 3. The van der Waals surface area contributed by atoms with Gasteiger partial charge in [-0.2, -0.15) is 4.57 Å². The Hall–Kier alpha value is -3.24. The van der Waals surface area contributed by atoms with E-state index in [2.05, 4.69) is 113 Å². The molecule has 6 rings (SSSR count). The molecule has 0 radical (unpaired) electrons. The van der Waals surface area contributed by atoms with Crippen molar-refractivity contribution in [2.45, 2.75) is 31.6 Å². The Labute approximate surface area is 206 Å². The molecule has 0 saturated carbocycles. The number of hydrogen-bond donors (Lipinski definition) is 0. The van der Waals surface area contributed by atoms with Crippen LogP contribution in [-0.4, -0.2) is 19.6 Å². The average molecular weight is 465 g/mol. The number of fused-ring (bicyclic) bond motifs is 1. The first-order valence-electron chi connectivity index (χ1n) is 12.4. The number of benzene rings is 3. The van der Waals surface area contributed by atoms with Crippen LogP contribution in [0.25, 0.3) is 22.7 Å². The van der Waals surface area contributed by atoms with E-state index in [0.717, 1.165) is 19.6 Å². The topological polar surface area (TPSA) is 10.4 Å². The Kier molecular flexibility index (Phi) is 5.54. The molecule has 4 heteroatoms. The van der Waals surface area contributed by atoms with Crippen LogP contribution in [0.1, 0.15) is 31.4 Å². The SMILES string of the molecule is CCN(CC)c1cc(/C=C2\Sc3cccc4c3N2CCC4)c2ccccc2[n+]1-c1ccccc1. The first kappa shape index (κ1) is 21.3. The van der Waals surface area contributed by atoms with Crippen molar-refractivity contribution < 1.29 is 4.57 Å². The summed E-state index contributed by atoms with van der Waals surface area (Å²) in [6.45, 7) is 7.51. The van der Waals surface area contributed by atoms with Crippen LogP contribution in [0, 0.1) is 0 Å². The maximum absolute atomic E-state index is 2.54. The van der Waals surface area contributed by atoms with Crippen molar-refractivity contribution in [1.82, 2.24) is 0 Å². The molecule has 0 fully saturated rings. The molecule has 0 saturated heterocycles. The molecule has 0 unspecified atom stereocenters. The molecule has 4 aromatic rings. The van der Waals surface area contributed by atoms with Gasteiger partial charge in [0.05, 0.1) is 23.8 Å². The number of pyridine rings is 1. The lowest BCUT2D eigenvalue weighted by Gasteiger charge is -2.27. The van der Waals surface area contributed by atoms with Gasteiger partial charge >= 0.3 is 0 Å². The zero-order valence-electron chi connectivity index (χ0n) is 19.9. The van der Waals surface area contributed by atoms with E-state index >= 15 is 0 Å². The van der Waals surface area contributed by atoms with E-state index in [1.54, 1.807) is 0 Å². The quantitative estimate of drug-likeness (QED) is 0.300. The number of rotatable bonds is 5. The van der Waals surface area contributed by atoms with Crippen molar-refractivity contribution in [3.8, 4) is 5.69 Å². The molecule has 170 valence electrons. The lowest BCUT2D eigenvalue weighted by Crippen LogP contribution is -2.41. The zero-order chi connectivity index (χ0) is 23.1. The molecule has 3 aromatic carbocycles. The summed E-state index contributed by atoms with van der Waals surface area (Å²) >= 11 is 1.92. The van der Waals surface area contributed by atoms with Gasteiger partial charge in [-0.3, -0.25) is 4.90 Å². The molecular weight excluding hydrogens is 434 g/mol.